The van der Waals surface area contributed by atoms with Crippen LogP contribution in [-0.2, 0) is 0 Å². The van der Waals surface area contributed by atoms with Crippen LogP contribution in [0.15, 0.2) is 30.5 Å². The Bertz CT molecular complexity index is 606. The molecule has 0 aliphatic carbocycles. The first kappa shape index (κ1) is 13.8. The van der Waals surface area contributed by atoms with Crippen LogP contribution in [-0.4, -0.2) is 43.3 Å². The van der Waals surface area contributed by atoms with Gasteiger partial charge in [0.15, 0.2) is 0 Å². The molecule has 1 N–H and O–H groups in total. The van der Waals surface area contributed by atoms with Gasteiger partial charge in [0.2, 0.25) is 0 Å². The van der Waals surface area contributed by atoms with Gasteiger partial charge in [-0.25, -0.2) is 9.97 Å². The maximum Gasteiger partial charge on any atom is 0.126 e. The van der Waals surface area contributed by atoms with Gasteiger partial charge >= 0.3 is 0 Å². The SMILES string of the molecule is COc1ccc(-c2nc(C)ncc2N2CCNCC2)cc1. The first-order valence-electron chi connectivity index (χ1n) is 7.21. The lowest BCUT2D eigenvalue weighted by Crippen LogP contribution is -2.43. The number of hydrogen-bond acceptors (Lipinski definition) is 5. The van der Waals surface area contributed by atoms with Gasteiger partial charge in [-0.15, -0.1) is 0 Å². The zero-order chi connectivity index (χ0) is 14.7. The molecule has 0 radical (unpaired) electrons. The normalized spacial score (nSPS) is 15.0. The smallest absolute Gasteiger partial charge is 0.126 e. The van der Waals surface area contributed by atoms with Crippen LogP contribution in [0, 0.1) is 6.92 Å². The number of ether oxygens (including phenoxy) is 1. The number of rotatable bonds is 3. The number of anilines is 1. The summed E-state index contributed by atoms with van der Waals surface area (Å²) in [4.78, 5) is 11.4. The molecule has 0 unspecified atom stereocenters. The molecular formula is C16H20N4O. The number of aryl methyl sites for hydroxylation is 1. The van der Waals surface area contributed by atoms with Crippen molar-refractivity contribution in [1.29, 1.82) is 0 Å². The van der Waals surface area contributed by atoms with Gasteiger partial charge in [0.25, 0.3) is 0 Å². The molecule has 0 bridgehead atoms. The number of aromatic nitrogens is 2. The average molecular weight is 284 g/mol. The van der Waals surface area contributed by atoms with E-state index in [1.165, 1.54) is 0 Å². The van der Waals surface area contributed by atoms with E-state index in [0.717, 1.165) is 54.7 Å². The molecule has 21 heavy (non-hydrogen) atoms. The van der Waals surface area contributed by atoms with E-state index in [4.69, 9.17) is 4.74 Å². The summed E-state index contributed by atoms with van der Waals surface area (Å²) in [7, 11) is 1.68. The summed E-state index contributed by atoms with van der Waals surface area (Å²) in [6, 6.07) is 8.03. The van der Waals surface area contributed by atoms with Crippen LogP contribution >= 0.6 is 0 Å². The van der Waals surface area contributed by atoms with Crippen LogP contribution in [0.5, 0.6) is 5.75 Å². The Kier molecular flexibility index (Phi) is 4.01. The third kappa shape index (κ3) is 2.97. The predicted molar refractivity (Wildman–Crippen MR) is 83.8 cm³/mol. The lowest BCUT2D eigenvalue weighted by Gasteiger charge is -2.30. The van der Waals surface area contributed by atoms with Crippen molar-refractivity contribution in [3.63, 3.8) is 0 Å². The van der Waals surface area contributed by atoms with E-state index in [9.17, 15) is 0 Å². The molecule has 1 aliphatic rings. The molecule has 1 aromatic heterocycles. The molecule has 5 nitrogen and oxygen atoms in total. The van der Waals surface area contributed by atoms with Crippen molar-refractivity contribution < 1.29 is 4.74 Å². The third-order valence-electron chi connectivity index (χ3n) is 3.71. The summed E-state index contributed by atoms with van der Waals surface area (Å²) < 4.78 is 5.22. The molecule has 2 aromatic rings. The minimum absolute atomic E-state index is 0.791. The van der Waals surface area contributed by atoms with E-state index >= 15 is 0 Å². The molecule has 0 saturated carbocycles. The molecule has 110 valence electrons. The third-order valence-corrected chi connectivity index (χ3v) is 3.71. The second-order valence-corrected chi connectivity index (χ2v) is 5.12. The van der Waals surface area contributed by atoms with E-state index in [1.807, 2.05) is 37.4 Å². The quantitative estimate of drug-likeness (QED) is 0.932. The Balaban J connectivity index is 2.00. The highest BCUT2D eigenvalue weighted by Gasteiger charge is 2.17. The van der Waals surface area contributed by atoms with Crippen molar-refractivity contribution in [3.05, 3.63) is 36.3 Å². The highest BCUT2D eigenvalue weighted by atomic mass is 16.5. The summed E-state index contributed by atoms with van der Waals surface area (Å²) in [6.07, 6.45) is 1.94. The summed E-state index contributed by atoms with van der Waals surface area (Å²) in [6.45, 7) is 5.88. The van der Waals surface area contributed by atoms with Crippen molar-refractivity contribution in [2.24, 2.45) is 0 Å². The fraction of sp³-hybridized carbons (Fsp3) is 0.375. The Labute approximate surface area is 125 Å². The topological polar surface area (TPSA) is 50.3 Å². The van der Waals surface area contributed by atoms with Gasteiger partial charge in [0, 0.05) is 31.7 Å². The first-order chi connectivity index (χ1) is 10.3. The number of benzene rings is 1. The van der Waals surface area contributed by atoms with Crippen molar-refractivity contribution in [3.8, 4) is 17.0 Å². The molecule has 1 aliphatic heterocycles. The summed E-state index contributed by atoms with van der Waals surface area (Å²) in [5.74, 6) is 1.65. The van der Waals surface area contributed by atoms with Crippen LogP contribution in [0.4, 0.5) is 5.69 Å². The fourth-order valence-corrected chi connectivity index (χ4v) is 2.56. The monoisotopic (exact) mass is 284 g/mol. The summed E-state index contributed by atoms with van der Waals surface area (Å²) >= 11 is 0. The minimum atomic E-state index is 0.791. The van der Waals surface area contributed by atoms with Gasteiger partial charge < -0.3 is 15.0 Å². The summed E-state index contributed by atoms with van der Waals surface area (Å²) in [5, 5.41) is 3.37. The van der Waals surface area contributed by atoms with E-state index < -0.39 is 0 Å². The number of nitrogens with one attached hydrogen (secondary N) is 1. The largest absolute Gasteiger partial charge is 0.497 e. The second-order valence-electron chi connectivity index (χ2n) is 5.12. The number of hydrogen-bond donors (Lipinski definition) is 1. The van der Waals surface area contributed by atoms with E-state index in [0.29, 0.717) is 0 Å². The molecule has 5 heteroatoms. The number of methoxy groups -OCH3 is 1. The number of nitrogens with zero attached hydrogens (tertiary/aromatic N) is 3. The molecule has 1 aromatic carbocycles. The van der Waals surface area contributed by atoms with E-state index in [2.05, 4.69) is 20.2 Å². The molecule has 1 saturated heterocycles. The van der Waals surface area contributed by atoms with Gasteiger partial charge in [-0.3, -0.25) is 0 Å². The van der Waals surface area contributed by atoms with Crippen LogP contribution < -0.4 is 15.0 Å². The molecule has 0 spiro atoms. The Morgan fingerprint density at radius 3 is 2.52 bits per heavy atom. The molecule has 1 fully saturated rings. The van der Waals surface area contributed by atoms with Crippen LogP contribution in [0.25, 0.3) is 11.3 Å². The van der Waals surface area contributed by atoms with Crippen molar-refractivity contribution in [2.45, 2.75) is 6.92 Å². The molecular weight excluding hydrogens is 264 g/mol. The van der Waals surface area contributed by atoms with Crippen molar-refractivity contribution in [1.82, 2.24) is 15.3 Å². The number of piperazine rings is 1. The zero-order valence-corrected chi connectivity index (χ0v) is 12.5. The molecule has 3 rings (SSSR count). The molecule has 2 heterocycles. The average Bonchev–Trinajstić information content (AvgIpc) is 2.56. The zero-order valence-electron chi connectivity index (χ0n) is 12.5. The second kappa shape index (κ2) is 6.10. The standard InChI is InChI=1S/C16H20N4O/c1-12-18-11-15(20-9-7-17-8-10-20)16(19-12)13-3-5-14(21-2)6-4-13/h3-6,11,17H,7-10H2,1-2H3. The van der Waals surface area contributed by atoms with Crippen molar-refractivity contribution >= 4 is 5.69 Å². The van der Waals surface area contributed by atoms with Gasteiger partial charge in [-0.05, 0) is 31.2 Å². The predicted octanol–water partition coefficient (Wildman–Crippen LogP) is 1.87. The van der Waals surface area contributed by atoms with Crippen molar-refractivity contribution in [2.75, 3.05) is 38.2 Å². The Hall–Kier alpha value is -2.14. The maximum absolute atomic E-state index is 5.22. The van der Waals surface area contributed by atoms with Gasteiger partial charge in [0.1, 0.15) is 11.6 Å². The highest BCUT2D eigenvalue weighted by Crippen LogP contribution is 2.29. The summed E-state index contributed by atoms with van der Waals surface area (Å²) in [5.41, 5.74) is 3.19. The van der Waals surface area contributed by atoms with Crippen LogP contribution in [0.3, 0.4) is 0 Å². The lowest BCUT2D eigenvalue weighted by molar-refractivity contribution is 0.415. The molecule has 0 atom stereocenters. The Morgan fingerprint density at radius 1 is 1.14 bits per heavy atom. The van der Waals surface area contributed by atoms with E-state index in [-0.39, 0.29) is 0 Å². The van der Waals surface area contributed by atoms with Crippen LogP contribution in [0.2, 0.25) is 0 Å². The fourth-order valence-electron chi connectivity index (χ4n) is 2.56. The minimum Gasteiger partial charge on any atom is -0.497 e. The van der Waals surface area contributed by atoms with Crippen LogP contribution in [0.1, 0.15) is 5.82 Å². The van der Waals surface area contributed by atoms with Gasteiger partial charge in [0.05, 0.1) is 24.7 Å². The first-order valence-corrected chi connectivity index (χ1v) is 7.21. The maximum atomic E-state index is 5.22. The van der Waals surface area contributed by atoms with Gasteiger partial charge in [-0.2, -0.15) is 0 Å². The van der Waals surface area contributed by atoms with E-state index in [1.54, 1.807) is 7.11 Å². The highest BCUT2D eigenvalue weighted by molar-refractivity contribution is 5.75. The Morgan fingerprint density at radius 2 is 1.86 bits per heavy atom. The van der Waals surface area contributed by atoms with Gasteiger partial charge in [-0.1, -0.05) is 0 Å². The molecule has 0 amide bonds. The lowest BCUT2D eigenvalue weighted by atomic mass is 10.1.